The van der Waals surface area contributed by atoms with Crippen LogP contribution in [-0.4, -0.2) is 56.5 Å². The Morgan fingerprint density at radius 1 is 1.31 bits per heavy atom. The van der Waals surface area contributed by atoms with Crippen molar-refractivity contribution in [1.82, 2.24) is 15.5 Å². The molecule has 92 valence electrons. The van der Waals surface area contributed by atoms with Crippen molar-refractivity contribution in [2.45, 2.75) is 25.3 Å². The molecule has 0 radical (unpaired) electrons. The lowest BCUT2D eigenvalue weighted by Gasteiger charge is -2.30. The highest BCUT2D eigenvalue weighted by Gasteiger charge is 2.25. The molecule has 0 aromatic carbocycles. The van der Waals surface area contributed by atoms with Gasteiger partial charge in [-0.15, -0.1) is 0 Å². The number of piperazine rings is 1. The van der Waals surface area contributed by atoms with E-state index in [2.05, 4.69) is 22.6 Å². The maximum absolute atomic E-state index is 12.0. The molecule has 0 bridgehead atoms. The zero-order valence-corrected chi connectivity index (χ0v) is 10.2. The molecular formula is C12H23N3O. The molecule has 2 rings (SSSR count). The van der Waals surface area contributed by atoms with Gasteiger partial charge in [0.25, 0.3) is 0 Å². The van der Waals surface area contributed by atoms with Crippen LogP contribution in [0.1, 0.15) is 19.3 Å². The Morgan fingerprint density at radius 2 is 2.06 bits per heavy atom. The lowest BCUT2D eigenvalue weighted by Crippen LogP contribution is -2.52. The fraction of sp³-hybridized carbons (Fsp3) is 0.917. The molecule has 0 saturated carbocycles. The second-order valence-corrected chi connectivity index (χ2v) is 5.13. The minimum atomic E-state index is 0.0633. The SMILES string of the molecule is CN1CCC(CC(=O)C2CNCCN2)CC1. The van der Waals surface area contributed by atoms with Gasteiger partial charge in [-0.2, -0.15) is 0 Å². The summed E-state index contributed by atoms with van der Waals surface area (Å²) in [6.07, 6.45) is 3.14. The summed E-state index contributed by atoms with van der Waals surface area (Å²) in [5.74, 6) is 1.02. The molecule has 2 heterocycles. The van der Waals surface area contributed by atoms with Crippen LogP contribution >= 0.6 is 0 Å². The molecule has 1 atom stereocenters. The van der Waals surface area contributed by atoms with Gasteiger partial charge in [0, 0.05) is 26.1 Å². The molecule has 1 unspecified atom stereocenters. The van der Waals surface area contributed by atoms with Gasteiger partial charge in [-0.05, 0) is 38.9 Å². The van der Waals surface area contributed by atoms with Crippen LogP contribution in [-0.2, 0) is 4.79 Å². The van der Waals surface area contributed by atoms with Crippen LogP contribution in [0, 0.1) is 5.92 Å². The summed E-state index contributed by atoms with van der Waals surface area (Å²) in [6.45, 7) is 5.01. The van der Waals surface area contributed by atoms with Crippen LogP contribution in [0.5, 0.6) is 0 Å². The number of rotatable bonds is 3. The average Bonchev–Trinajstić information content (AvgIpc) is 2.33. The van der Waals surface area contributed by atoms with Crippen LogP contribution in [0.2, 0.25) is 0 Å². The molecule has 4 nitrogen and oxygen atoms in total. The van der Waals surface area contributed by atoms with Gasteiger partial charge >= 0.3 is 0 Å². The van der Waals surface area contributed by atoms with Crippen molar-refractivity contribution < 1.29 is 4.79 Å². The maximum Gasteiger partial charge on any atom is 0.151 e. The first-order chi connectivity index (χ1) is 7.75. The fourth-order valence-corrected chi connectivity index (χ4v) is 2.57. The van der Waals surface area contributed by atoms with Crippen LogP contribution in [0.4, 0.5) is 0 Å². The summed E-state index contributed by atoms with van der Waals surface area (Å²) in [6, 6.07) is 0.0633. The van der Waals surface area contributed by atoms with Gasteiger partial charge in [-0.25, -0.2) is 0 Å². The quantitative estimate of drug-likeness (QED) is 0.701. The average molecular weight is 225 g/mol. The first-order valence-corrected chi connectivity index (χ1v) is 6.41. The summed E-state index contributed by atoms with van der Waals surface area (Å²) in [5.41, 5.74) is 0. The highest BCUT2D eigenvalue weighted by atomic mass is 16.1. The van der Waals surface area contributed by atoms with Gasteiger partial charge in [0.2, 0.25) is 0 Å². The van der Waals surface area contributed by atoms with Crippen molar-refractivity contribution in [3.8, 4) is 0 Å². The minimum absolute atomic E-state index is 0.0633. The van der Waals surface area contributed by atoms with Gasteiger partial charge in [0.05, 0.1) is 6.04 Å². The smallest absolute Gasteiger partial charge is 0.151 e. The Hall–Kier alpha value is -0.450. The van der Waals surface area contributed by atoms with Gasteiger partial charge in [0.15, 0.2) is 5.78 Å². The fourth-order valence-electron chi connectivity index (χ4n) is 2.57. The Labute approximate surface area is 97.8 Å². The van der Waals surface area contributed by atoms with E-state index in [4.69, 9.17) is 0 Å². The number of nitrogens with zero attached hydrogens (tertiary/aromatic N) is 1. The highest BCUT2D eigenvalue weighted by Crippen LogP contribution is 2.20. The monoisotopic (exact) mass is 225 g/mol. The number of piperidine rings is 1. The molecule has 0 spiro atoms. The van der Waals surface area contributed by atoms with E-state index in [9.17, 15) is 4.79 Å². The van der Waals surface area contributed by atoms with E-state index in [1.807, 2.05) is 0 Å². The second-order valence-electron chi connectivity index (χ2n) is 5.13. The highest BCUT2D eigenvalue weighted by molar-refractivity contribution is 5.84. The normalized spacial score (nSPS) is 29.2. The van der Waals surface area contributed by atoms with E-state index < -0.39 is 0 Å². The summed E-state index contributed by atoms with van der Waals surface area (Å²) >= 11 is 0. The second kappa shape index (κ2) is 5.75. The Morgan fingerprint density at radius 3 is 2.69 bits per heavy atom. The Balaban J connectivity index is 1.73. The molecule has 2 saturated heterocycles. The lowest BCUT2D eigenvalue weighted by atomic mass is 9.90. The molecule has 2 aliphatic rings. The van der Waals surface area contributed by atoms with Crippen molar-refractivity contribution in [2.75, 3.05) is 39.8 Å². The molecule has 2 aliphatic heterocycles. The first-order valence-electron chi connectivity index (χ1n) is 6.41. The number of carbonyl (C=O) groups is 1. The number of nitrogens with one attached hydrogen (secondary N) is 2. The molecule has 0 aromatic rings. The van der Waals surface area contributed by atoms with E-state index in [0.717, 1.165) is 39.1 Å². The van der Waals surface area contributed by atoms with E-state index in [-0.39, 0.29) is 6.04 Å². The molecule has 4 heteroatoms. The summed E-state index contributed by atoms with van der Waals surface area (Å²) in [5, 5.41) is 6.56. The number of hydrogen-bond acceptors (Lipinski definition) is 4. The largest absolute Gasteiger partial charge is 0.313 e. The molecule has 16 heavy (non-hydrogen) atoms. The molecule has 0 aliphatic carbocycles. The van der Waals surface area contributed by atoms with E-state index in [1.165, 1.54) is 12.8 Å². The zero-order valence-electron chi connectivity index (χ0n) is 10.2. The molecule has 2 fully saturated rings. The number of ketones is 1. The van der Waals surface area contributed by atoms with Crippen LogP contribution in [0.15, 0.2) is 0 Å². The number of hydrogen-bond donors (Lipinski definition) is 2. The molecule has 0 aromatic heterocycles. The first kappa shape index (κ1) is 12.0. The Kier molecular flexibility index (Phi) is 4.32. The third-order valence-corrected chi connectivity index (χ3v) is 3.76. The summed E-state index contributed by atoms with van der Waals surface area (Å²) in [4.78, 5) is 14.4. The zero-order chi connectivity index (χ0) is 11.4. The summed E-state index contributed by atoms with van der Waals surface area (Å²) in [7, 11) is 2.16. The topological polar surface area (TPSA) is 44.4 Å². The Bertz CT molecular complexity index is 230. The van der Waals surface area contributed by atoms with Gasteiger partial charge in [-0.3, -0.25) is 4.79 Å². The van der Waals surface area contributed by atoms with Crippen LogP contribution in [0.3, 0.4) is 0 Å². The molecular weight excluding hydrogens is 202 g/mol. The third kappa shape index (κ3) is 3.27. The minimum Gasteiger partial charge on any atom is -0.313 e. The van der Waals surface area contributed by atoms with E-state index >= 15 is 0 Å². The van der Waals surface area contributed by atoms with Gasteiger partial charge < -0.3 is 15.5 Å². The maximum atomic E-state index is 12.0. The van der Waals surface area contributed by atoms with Crippen molar-refractivity contribution in [1.29, 1.82) is 0 Å². The molecule has 2 N–H and O–H groups in total. The predicted molar refractivity (Wildman–Crippen MR) is 64.5 cm³/mol. The van der Waals surface area contributed by atoms with E-state index in [1.54, 1.807) is 0 Å². The number of carbonyl (C=O) groups excluding carboxylic acids is 1. The lowest BCUT2D eigenvalue weighted by molar-refractivity contribution is -0.122. The number of likely N-dealkylation sites (tertiary alicyclic amines) is 1. The van der Waals surface area contributed by atoms with Crippen molar-refractivity contribution >= 4 is 5.78 Å². The third-order valence-electron chi connectivity index (χ3n) is 3.76. The summed E-state index contributed by atoms with van der Waals surface area (Å²) < 4.78 is 0. The van der Waals surface area contributed by atoms with Crippen molar-refractivity contribution in [3.63, 3.8) is 0 Å². The van der Waals surface area contributed by atoms with Crippen LogP contribution < -0.4 is 10.6 Å². The molecule has 0 amide bonds. The van der Waals surface area contributed by atoms with Gasteiger partial charge in [0.1, 0.15) is 0 Å². The van der Waals surface area contributed by atoms with Gasteiger partial charge in [-0.1, -0.05) is 0 Å². The van der Waals surface area contributed by atoms with E-state index in [0.29, 0.717) is 11.7 Å². The van der Waals surface area contributed by atoms with Crippen LogP contribution in [0.25, 0.3) is 0 Å². The van der Waals surface area contributed by atoms with Crippen molar-refractivity contribution in [3.05, 3.63) is 0 Å². The predicted octanol–water partition coefficient (Wildman–Crippen LogP) is -0.151. The van der Waals surface area contributed by atoms with Crippen molar-refractivity contribution in [2.24, 2.45) is 5.92 Å². The standard InChI is InChI=1S/C12H23N3O/c1-15-6-2-10(3-7-15)8-12(16)11-9-13-4-5-14-11/h10-11,13-14H,2-9H2,1H3. The number of Topliss-reactive ketones (excluding diaryl/α,β-unsaturated/α-hetero) is 1.